The fourth-order valence-electron chi connectivity index (χ4n) is 5.21. The molecule has 3 rings (SSSR count). The van der Waals surface area contributed by atoms with Crippen LogP contribution >= 0.6 is 0 Å². The van der Waals surface area contributed by atoms with Crippen LogP contribution in [-0.4, -0.2) is 65.9 Å². The molecular formula is C28H41NO3Si. The van der Waals surface area contributed by atoms with Gasteiger partial charge in [0.05, 0.1) is 25.9 Å². The van der Waals surface area contributed by atoms with E-state index >= 15 is 0 Å². The third-order valence-corrected chi connectivity index (χ3v) is 11.7. The summed E-state index contributed by atoms with van der Waals surface area (Å²) in [6.07, 6.45) is 6.76. The van der Waals surface area contributed by atoms with Gasteiger partial charge < -0.3 is 13.9 Å². The van der Waals surface area contributed by atoms with Crippen LogP contribution in [0, 0.1) is 0 Å². The van der Waals surface area contributed by atoms with E-state index in [-0.39, 0.29) is 11.1 Å². The van der Waals surface area contributed by atoms with Gasteiger partial charge in [0.15, 0.2) is 0 Å². The van der Waals surface area contributed by atoms with Crippen LogP contribution < -0.4 is 10.4 Å². The van der Waals surface area contributed by atoms with Gasteiger partial charge in [-0.1, -0.05) is 93.6 Å². The van der Waals surface area contributed by atoms with Crippen molar-refractivity contribution in [2.45, 2.75) is 50.7 Å². The van der Waals surface area contributed by atoms with Crippen molar-refractivity contribution in [3.8, 4) is 0 Å². The molecule has 0 saturated carbocycles. The molecule has 180 valence electrons. The Morgan fingerprint density at radius 3 is 2.09 bits per heavy atom. The van der Waals surface area contributed by atoms with E-state index in [4.69, 9.17) is 13.9 Å². The van der Waals surface area contributed by atoms with Crippen molar-refractivity contribution >= 4 is 18.7 Å². The molecule has 2 atom stereocenters. The van der Waals surface area contributed by atoms with Gasteiger partial charge in [-0.2, -0.15) is 0 Å². The lowest BCUT2D eigenvalue weighted by Gasteiger charge is -2.44. The zero-order chi connectivity index (χ0) is 23.7. The van der Waals surface area contributed by atoms with Gasteiger partial charge in [-0.25, -0.2) is 0 Å². The molecule has 0 aliphatic carbocycles. The van der Waals surface area contributed by atoms with Gasteiger partial charge in [0, 0.05) is 20.3 Å². The third kappa shape index (κ3) is 6.03. The molecule has 0 spiro atoms. The van der Waals surface area contributed by atoms with Gasteiger partial charge in [-0.05, 0) is 34.8 Å². The molecule has 2 aromatic rings. The molecule has 1 aliphatic heterocycles. The Bertz CT molecular complexity index is 811. The number of hydrogen-bond acceptors (Lipinski definition) is 4. The lowest BCUT2D eigenvalue weighted by molar-refractivity contribution is 0.0825. The van der Waals surface area contributed by atoms with Crippen LogP contribution in [0.5, 0.6) is 0 Å². The highest BCUT2D eigenvalue weighted by molar-refractivity contribution is 6.99. The van der Waals surface area contributed by atoms with E-state index in [2.05, 4.69) is 98.5 Å². The summed E-state index contributed by atoms with van der Waals surface area (Å²) < 4.78 is 18.1. The summed E-state index contributed by atoms with van der Waals surface area (Å²) in [7, 11) is 0.960. The lowest BCUT2D eigenvalue weighted by atomic mass is 10.2. The van der Waals surface area contributed by atoms with E-state index in [0.717, 1.165) is 13.2 Å². The molecule has 2 aromatic carbocycles. The van der Waals surface area contributed by atoms with Crippen molar-refractivity contribution in [3.05, 3.63) is 72.8 Å². The minimum atomic E-state index is -2.57. The highest BCUT2D eigenvalue weighted by Gasteiger charge is 2.50. The second kappa shape index (κ2) is 12.1. The predicted octanol–water partition coefficient (Wildman–Crippen LogP) is 4.25. The molecule has 1 fully saturated rings. The third-order valence-electron chi connectivity index (χ3n) is 6.72. The van der Waals surface area contributed by atoms with Crippen molar-refractivity contribution in [3.63, 3.8) is 0 Å². The van der Waals surface area contributed by atoms with E-state index < -0.39 is 8.32 Å². The molecule has 0 unspecified atom stereocenters. The fraction of sp³-hybridized carbons (Fsp3) is 0.500. The number of benzene rings is 2. The topological polar surface area (TPSA) is 30.9 Å². The molecule has 1 heterocycles. The number of hydrogen-bond donors (Lipinski definition) is 0. The second-order valence-corrected chi connectivity index (χ2v) is 14.2. The van der Waals surface area contributed by atoms with Crippen LogP contribution in [0.25, 0.3) is 0 Å². The minimum absolute atomic E-state index is 0.0343. The van der Waals surface area contributed by atoms with Gasteiger partial charge in [-0.3, -0.25) is 4.90 Å². The summed E-state index contributed by atoms with van der Waals surface area (Å²) in [5.74, 6) is 0. The Balaban J connectivity index is 2.00. The molecule has 33 heavy (non-hydrogen) atoms. The summed E-state index contributed by atoms with van der Waals surface area (Å²) in [6.45, 7) is 10.1. The van der Waals surface area contributed by atoms with E-state index in [1.165, 1.54) is 23.2 Å². The number of methoxy groups -OCH3 is 2. The average molecular weight is 468 g/mol. The van der Waals surface area contributed by atoms with Crippen molar-refractivity contribution in [1.82, 2.24) is 4.90 Å². The minimum Gasteiger partial charge on any atom is -0.405 e. The van der Waals surface area contributed by atoms with E-state index in [1.54, 1.807) is 14.2 Å². The number of likely N-dealkylation sites (tertiary alicyclic amines) is 1. The van der Waals surface area contributed by atoms with E-state index in [0.29, 0.717) is 19.3 Å². The van der Waals surface area contributed by atoms with Crippen LogP contribution in [-0.2, 0) is 13.9 Å². The largest absolute Gasteiger partial charge is 0.405 e. The average Bonchev–Trinajstić information content (AvgIpc) is 3.27. The Labute approximate surface area is 201 Å². The zero-order valence-electron chi connectivity index (χ0n) is 21.0. The molecule has 0 radical (unpaired) electrons. The fourth-order valence-corrected chi connectivity index (χ4v) is 9.78. The first-order valence-electron chi connectivity index (χ1n) is 12.1. The smallest absolute Gasteiger partial charge is 0.261 e. The van der Waals surface area contributed by atoms with Crippen LogP contribution in [0.2, 0.25) is 5.04 Å². The van der Waals surface area contributed by atoms with Crippen molar-refractivity contribution in [1.29, 1.82) is 0 Å². The molecular weight excluding hydrogens is 426 g/mol. The lowest BCUT2D eigenvalue weighted by Crippen LogP contribution is -2.67. The predicted molar refractivity (Wildman–Crippen MR) is 140 cm³/mol. The molecule has 0 N–H and O–H groups in total. The quantitative estimate of drug-likeness (QED) is 0.365. The Hall–Kier alpha value is -1.76. The first-order chi connectivity index (χ1) is 15.9. The second-order valence-electron chi connectivity index (χ2n) is 9.91. The maximum Gasteiger partial charge on any atom is 0.261 e. The molecule has 0 bridgehead atoms. The van der Waals surface area contributed by atoms with Crippen LogP contribution in [0.1, 0.15) is 33.6 Å². The van der Waals surface area contributed by atoms with Crippen LogP contribution in [0.15, 0.2) is 72.8 Å². The maximum absolute atomic E-state index is 7.26. The molecule has 0 aromatic heterocycles. The van der Waals surface area contributed by atoms with Crippen LogP contribution in [0.3, 0.4) is 0 Å². The molecule has 4 nitrogen and oxygen atoms in total. The van der Waals surface area contributed by atoms with Crippen molar-refractivity contribution in [2.75, 3.05) is 40.6 Å². The summed E-state index contributed by atoms with van der Waals surface area (Å²) in [5, 5.41) is 2.60. The molecule has 1 saturated heterocycles. The summed E-state index contributed by atoms with van der Waals surface area (Å²) in [5.41, 5.74) is 0. The SMILES string of the molecule is COC/C=C\[C@H](CO[Si](c1ccccc1)(c1ccccc1)C(C)(C)C)N1CCC[C@H]1COC. The number of nitrogens with zero attached hydrogens (tertiary/aromatic N) is 1. The highest BCUT2D eigenvalue weighted by atomic mass is 28.4. The van der Waals surface area contributed by atoms with Gasteiger partial charge >= 0.3 is 0 Å². The van der Waals surface area contributed by atoms with Crippen molar-refractivity contribution < 1.29 is 13.9 Å². The van der Waals surface area contributed by atoms with Crippen molar-refractivity contribution in [2.24, 2.45) is 0 Å². The molecule has 1 aliphatic rings. The highest BCUT2D eigenvalue weighted by Crippen LogP contribution is 2.37. The molecule has 0 amide bonds. The Morgan fingerprint density at radius 2 is 1.58 bits per heavy atom. The van der Waals surface area contributed by atoms with Gasteiger partial charge in [0.1, 0.15) is 0 Å². The van der Waals surface area contributed by atoms with Gasteiger partial charge in [0.25, 0.3) is 8.32 Å². The first-order valence-corrected chi connectivity index (χ1v) is 14.0. The van der Waals surface area contributed by atoms with Gasteiger partial charge in [-0.15, -0.1) is 0 Å². The normalized spacial score (nSPS) is 18.8. The first kappa shape index (κ1) is 25.9. The summed E-state index contributed by atoms with van der Waals surface area (Å²) in [6, 6.07) is 22.4. The number of ether oxygens (including phenoxy) is 2. The van der Waals surface area contributed by atoms with Crippen LogP contribution in [0.4, 0.5) is 0 Å². The Morgan fingerprint density at radius 1 is 0.970 bits per heavy atom. The van der Waals surface area contributed by atoms with E-state index in [1.807, 2.05) is 0 Å². The monoisotopic (exact) mass is 467 g/mol. The molecule has 5 heteroatoms. The standard InChI is InChI=1S/C28H41NO3Si/c1-28(2,3)33(26-16-8-6-9-17-26,27-18-10-7-11-19-27)32-23-25(15-13-21-30-4)29-20-12-14-24(29)22-31-5/h6-11,13,15-19,24-25H,12,14,20-23H2,1-5H3/b15-13-/t24-,25+/m0/s1. The summed E-state index contributed by atoms with van der Waals surface area (Å²) in [4.78, 5) is 2.56. The van der Waals surface area contributed by atoms with E-state index in [9.17, 15) is 0 Å². The maximum atomic E-state index is 7.26. The number of rotatable bonds is 11. The zero-order valence-corrected chi connectivity index (χ0v) is 22.0. The Kier molecular flexibility index (Phi) is 9.47. The van der Waals surface area contributed by atoms with Gasteiger partial charge in [0.2, 0.25) is 0 Å². The summed E-state index contributed by atoms with van der Waals surface area (Å²) >= 11 is 0.